The molecule has 0 aromatic heterocycles. The Bertz CT molecular complexity index is 427. The number of ether oxygens (including phenoxy) is 1. The highest BCUT2D eigenvalue weighted by Gasteiger charge is 2.25. The van der Waals surface area contributed by atoms with Crippen molar-refractivity contribution in [2.45, 2.75) is 51.1 Å². The van der Waals surface area contributed by atoms with Crippen molar-refractivity contribution in [2.75, 3.05) is 6.61 Å². The number of carbonyl (C=O) groups excluding carboxylic acids is 1. The Labute approximate surface area is 129 Å². The molecule has 20 heavy (non-hydrogen) atoms. The van der Waals surface area contributed by atoms with Crippen molar-refractivity contribution in [1.82, 2.24) is 5.32 Å². The van der Waals surface area contributed by atoms with E-state index in [1.807, 2.05) is 31.2 Å². The molecular weight excluding hydrogens is 318 g/mol. The smallest absolute Gasteiger partial charge is 0.327 e. The quantitative estimate of drug-likeness (QED) is 0.824. The highest BCUT2D eigenvalue weighted by atomic mass is 79.9. The number of nitrogens with one attached hydrogen (secondary N) is 1. The fourth-order valence-electron chi connectivity index (χ4n) is 2.69. The molecule has 1 saturated carbocycles. The van der Waals surface area contributed by atoms with Gasteiger partial charge in [0.05, 0.1) is 6.61 Å². The SMILES string of the molecule is CCOC(=O)C(NC1CCCCC1)c1ccc(Br)cc1. The molecule has 0 aliphatic heterocycles. The minimum absolute atomic E-state index is 0.180. The molecule has 0 amide bonds. The molecule has 0 radical (unpaired) electrons. The Morgan fingerprint density at radius 2 is 1.95 bits per heavy atom. The van der Waals surface area contributed by atoms with Crippen LogP contribution in [0.25, 0.3) is 0 Å². The van der Waals surface area contributed by atoms with E-state index in [-0.39, 0.29) is 12.0 Å². The van der Waals surface area contributed by atoms with Crippen molar-refractivity contribution in [3.05, 3.63) is 34.3 Å². The molecule has 1 aliphatic rings. The molecule has 1 N–H and O–H groups in total. The van der Waals surface area contributed by atoms with Crippen molar-refractivity contribution < 1.29 is 9.53 Å². The molecule has 0 heterocycles. The van der Waals surface area contributed by atoms with Crippen LogP contribution in [0.15, 0.2) is 28.7 Å². The number of rotatable bonds is 5. The first-order valence-electron chi connectivity index (χ1n) is 7.39. The summed E-state index contributed by atoms with van der Waals surface area (Å²) in [7, 11) is 0. The summed E-state index contributed by atoms with van der Waals surface area (Å²) in [5.41, 5.74) is 0.970. The first kappa shape index (κ1) is 15.5. The van der Waals surface area contributed by atoms with Crippen molar-refractivity contribution in [3.63, 3.8) is 0 Å². The van der Waals surface area contributed by atoms with Gasteiger partial charge in [-0.05, 0) is 37.5 Å². The van der Waals surface area contributed by atoms with Gasteiger partial charge in [-0.3, -0.25) is 5.32 Å². The third-order valence-corrected chi connectivity index (χ3v) is 4.26. The Morgan fingerprint density at radius 1 is 1.30 bits per heavy atom. The van der Waals surface area contributed by atoms with Crippen LogP contribution in [0, 0.1) is 0 Å². The van der Waals surface area contributed by atoms with E-state index in [9.17, 15) is 4.79 Å². The standard InChI is InChI=1S/C16H22BrNO2/c1-2-20-16(19)15(12-8-10-13(17)11-9-12)18-14-6-4-3-5-7-14/h8-11,14-15,18H,2-7H2,1H3. The fraction of sp³-hybridized carbons (Fsp3) is 0.562. The molecule has 0 spiro atoms. The number of esters is 1. The summed E-state index contributed by atoms with van der Waals surface area (Å²) < 4.78 is 6.23. The summed E-state index contributed by atoms with van der Waals surface area (Å²) >= 11 is 3.42. The van der Waals surface area contributed by atoms with E-state index in [0.717, 1.165) is 22.9 Å². The molecule has 1 unspecified atom stereocenters. The van der Waals surface area contributed by atoms with Crippen molar-refractivity contribution >= 4 is 21.9 Å². The lowest BCUT2D eigenvalue weighted by Gasteiger charge is -2.27. The Hall–Kier alpha value is -0.870. The van der Waals surface area contributed by atoms with Gasteiger partial charge in [0.15, 0.2) is 0 Å². The van der Waals surface area contributed by atoms with Crippen LogP contribution < -0.4 is 5.32 Å². The van der Waals surface area contributed by atoms with Gasteiger partial charge in [-0.15, -0.1) is 0 Å². The molecule has 1 fully saturated rings. The first-order chi connectivity index (χ1) is 9.70. The van der Waals surface area contributed by atoms with E-state index in [0.29, 0.717) is 12.6 Å². The number of hydrogen-bond donors (Lipinski definition) is 1. The molecule has 1 aromatic carbocycles. The third kappa shape index (κ3) is 4.32. The lowest BCUT2D eigenvalue weighted by Crippen LogP contribution is -2.39. The van der Waals surface area contributed by atoms with Gasteiger partial charge in [0.25, 0.3) is 0 Å². The van der Waals surface area contributed by atoms with E-state index in [2.05, 4.69) is 21.2 Å². The Balaban J connectivity index is 2.10. The van der Waals surface area contributed by atoms with Gasteiger partial charge in [-0.2, -0.15) is 0 Å². The molecule has 2 rings (SSSR count). The molecule has 4 heteroatoms. The third-order valence-electron chi connectivity index (χ3n) is 3.73. The lowest BCUT2D eigenvalue weighted by atomic mass is 9.94. The first-order valence-corrected chi connectivity index (χ1v) is 8.18. The van der Waals surface area contributed by atoms with Crippen LogP contribution in [-0.2, 0) is 9.53 Å². The van der Waals surface area contributed by atoms with Crippen LogP contribution in [0.3, 0.4) is 0 Å². The molecule has 3 nitrogen and oxygen atoms in total. The van der Waals surface area contributed by atoms with Crippen LogP contribution in [-0.4, -0.2) is 18.6 Å². The molecule has 110 valence electrons. The Kier molecular flexibility index (Phi) is 6.05. The highest BCUT2D eigenvalue weighted by Crippen LogP contribution is 2.23. The summed E-state index contributed by atoms with van der Waals surface area (Å²) in [5, 5.41) is 3.49. The zero-order valence-electron chi connectivity index (χ0n) is 11.9. The van der Waals surface area contributed by atoms with Gasteiger partial charge in [0.1, 0.15) is 6.04 Å². The second-order valence-electron chi connectivity index (χ2n) is 5.24. The minimum atomic E-state index is -0.355. The maximum Gasteiger partial charge on any atom is 0.327 e. The van der Waals surface area contributed by atoms with Crippen LogP contribution in [0.5, 0.6) is 0 Å². The topological polar surface area (TPSA) is 38.3 Å². The van der Waals surface area contributed by atoms with Crippen molar-refractivity contribution in [3.8, 4) is 0 Å². The molecule has 0 bridgehead atoms. The number of benzene rings is 1. The summed E-state index contributed by atoms with van der Waals surface area (Å²) in [5.74, 6) is -0.180. The number of halogens is 1. The maximum absolute atomic E-state index is 12.2. The largest absolute Gasteiger partial charge is 0.465 e. The zero-order valence-corrected chi connectivity index (χ0v) is 13.5. The summed E-state index contributed by atoms with van der Waals surface area (Å²) in [6.07, 6.45) is 6.08. The van der Waals surface area contributed by atoms with Crippen LogP contribution >= 0.6 is 15.9 Å². The lowest BCUT2D eigenvalue weighted by molar-refractivity contribution is -0.146. The minimum Gasteiger partial charge on any atom is -0.465 e. The van der Waals surface area contributed by atoms with E-state index in [1.165, 1.54) is 19.3 Å². The van der Waals surface area contributed by atoms with E-state index < -0.39 is 0 Å². The monoisotopic (exact) mass is 339 g/mol. The van der Waals surface area contributed by atoms with E-state index in [1.54, 1.807) is 0 Å². The van der Waals surface area contributed by atoms with Gasteiger partial charge in [0, 0.05) is 10.5 Å². The molecule has 1 aromatic rings. The molecule has 1 atom stereocenters. The predicted octanol–water partition coefficient (Wildman–Crippen LogP) is 3.98. The number of hydrogen-bond acceptors (Lipinski definition) is 3. The van der Waals surface area contributed by atoms with Gasteiger partial charge < -0.3 is 4.74 Å². The maximum atomic E-state index is 12.2. The molecule has 1 aliphatic carbocycles. The van der Waals surface area contributed by atoms with Crippen LogP contribution in [0.1, 0.15) is 50.6 Å². The number of carbonyl (C=O) groups is 1. The van der Waals surface area contributed by atoms with Gasteiger partial charge in [0.2, 0.25) is 0 Å². The second kappa shape index (κ2) is 7.79. The predicted molar refractivity (Wildman–Crippen MR) is 83.5 cm³/mol. The van der Waals surface area contributed by atoms with Gasteiger partial charge in [-0.1, -0.05) is 47.3 Å². The van der Waals surface area contributed by atoms with Gasteiger partial charge in [-0.25, -0.2) is 4.79 Å². The van der Waals surface area contributed by atoms with Gasteiger partial charge >= 0.3 is 5.97 Å². The van der Waals surface area contributed by atoms with Crippen molar-refractivity contribution in [1.29, 1.82) is 0 Å². The molecule has 0 saturated heterocycles. The van der Waals surface area contributed by atoms with Crippen molar-refractivity contribution in [2.24, 2.45) is 0 Å². The zero-order chi connectivity index (χ0) is 14.4. The average Bonchev–Trinajstić information content (AvgIpc) is 2.47. The summed E-state index contributed by atoms with van der Waals surface area (Å²) in [4.78, 5) is 12.2. The van der Waals surface area contributed by atoms with Crippen LogP contribution in [0.2, 0.25) is 0 Å². The van der Waals surface area contributed by atoms with Crippen LogP contribution in [0.4, 0.5) is 0 Å². The Morgan fingerprint density at radius 3 is 2.55 bits per heavy atom. The van der Waals surface area contributed by atoms with E-state index in [4.69, 9.17) is 4.74 Å². The average molecular weight is 340 g/mol. The summed E-state index contributed by atoms with van der Waals surface area (Å²) in [6, 6.07) is 7.94. The second-order valence-corrected chi connectivity index (χ2v) is 6.15. The normalized spacial score (nSPS) is 17.7. The summed E-state index contributed by atoms with van der Waals surface area (Å²) in [6.45, 7) is 2.26. The fourth-order valence-corrected chi connectivity index (χ4v) is 2.95. The highest BCUT2D eigenvalue weighted by molar-refractivity contribution is 9.10. The van der Waals surface area contributed by atoms with E-state index >= 15 is 0 Å². The molecular formula is C16H22BrNO2.